The molecule has 0 heterocycles. The van der Waals surface area contributed by atoms with Gasteiger partial charge in [0.15, 0.2) is 0 Å². The van der Waals surface area contributed by atoms with E-state index in [1.807, 2.05) is 13.8 Å². The van der Waals surface area contributed by atoms with Crippen LogP contribution in [0.5, 0.6) is 0 Å². The Morgan fingerprint density at radius 3 is 2.24 bits per heavy atom. The minimum absolute atomic E-state index is 0.218. The number of sulfonamides is 1. The molecular weight excluding hydrogens is 497 g/mol. The first kappa shape index (κ1) is 31.1. The van der Waals surface area contributed by atoms with E-state index >= 15 is 0 Å². The molecule has 0 unspecified atom stereocenters. The zero-order chi connectivity index (χ0) is 25.7. The van der Waals surface area contributed by atoms with Gasteiger partial charge in [-0.1, -0.05) is 50.9 Å². The number of benzene rings is 1. The van der Waals surface area contributed by atoms with Crippen molar-refractivity contribution in [2.45, 2.75) is 71.9 Å². The molecule has 0 spiro atoms. The standard InChI is InChI=1S/C24H41Cl2N3O4S/c1-5-10-29(11-6-2)34(31,32)12-8-24(30)33-23(17-28-9-7-18(3)4)22(27)15-19-13-20(25)16-21(26)14-19/h13-14,16,18,22-23,28H,5-12,15,17,27H2,1-4H3/t22-,23+/m0/s1. The van der Waals surface area contributed by atoms with Crippen molar-refractivity contribution >= 4 is 39.2 Å². The van der Waals surface area contributed by atoms with Gasteiger partial charge in [0.05, 0.1) is 12.2 Å². The van der Waals surface area contributed by atoms with Crippen LogP contribution in [0.15, 0.2) is 18.2 Å². The van der Waals surface area contributed by atoms with E-state index in [1.54, 1.807) is 18.2 Å². The highest BCUT2D eigenvalue weighted by Crippen LogP contribution is 2.20. The van der Waals surface area contributed by atoms with Gasteiger partial charge in [-0.3, -0.25) is 4.79 Å². The number of rotatable bonds is 17. The Morgan fingerprint density at radius 1 is 1.12 bits per heavy atom. The largest absolute Gasteiger partial charge is 0.459 e. The Labute approximate surface area is 215 Å². The summed E-state index contributed by atoms with van der Waals surface area (Å²) in [4.78, 5) is 12.6. The third-order valence-corrected chi connectivity index (χ3v) is 7.61. The van der Waals surface area contributed by atoms with E-state index in [1.165, 1.54) is 4.31 Å². The van der Waals surface area contributed by atoms with Gasteiger partial charge in [0.2, 0.25) is 10.0 Å². The van der Waals surface area contributed by atoms with E-state index in [0.29, 0.717) is 42.0 Å². The second kappa shape index (κ2) is 16.0. The van der Waals surface area contributed by atoms with Crippen LogP contribution in [-0.2, 0) is 26.0 Å². The Hall–Kier alpha value is -0.900. The summed E-state index contributed by atoms with van der Waals surface area (Å²) in [6, 6.07) is 4.68. The fourth-order valence-electron chi connectivity index (χ4n) is 3.51. The molecule has 10 heteroatoms. The van der Waals surface area contributed by atoms with Crippen LogP contribution in [0.3, 0.4) is 0 Å². The maximum absolute atomic E-state index is 12.7. The molecule has 0 aliphatic carbocycles. The van der Waals surface area contributed by atoms with Crippen molar-refractivity contribution in [1.29, 1.82) is 0 Å². The average Bonchev–Trinajstić information content (AvgIpc) is 2.73. The summed E-state index contributed by atoms with van der Waals surface area (Å²) >= 11 is 12.2. The zero-order valence-electron chi connectivity index (χ0n) is 20.9. The fraction of sp³-hybridized carbons (Fsp3) is 0.708. The summed E-state index contributed by atoms with van der Waals surface area (Å²) in [7, 11) is -3.53. The smallest absolute Gasteiger partial charge is 0.307 e. The molecule has 0 radical (unpaired) electrons. The molecule has 0 aliphatic heterocycles. The topological polar surface area (TPSA) is 102 Å². The summed E-state index contributed by atoms with van der Waals surface area (Å²) in [6.07, 6.45) is 1.98. The average molecular weight is 539 g/mol. The molecule has 0 bridgehead atoms. The first-order valence-corrected chi connectivity index (χ1v) is 14.4. The normalized spacial score (nSPS) is 13.9. The Morgan fingerprint density at radius 2 is 1.71 bits per heavy atom. The molecule has 1 aromatic rings. The summed E-state index contributed by atoms with van der Waals surface area (Å²) in [5.41, 5.74) is 7.26. The van der Waals surface area contributed by atoms with Crippen molar-refractivity contribution < 1.29 is 17.9 Å². The quantitative estimate of drug-likeness (QED) is 0.227. The third-order valence-electron chi connectivity index (χ3n) is 5.30. The zero-order valence-corrected chi connectivity index (χ0v) is 23.2. The number of carbonyl (C=O) groups is 1. The number of hydrogen-bond acceptors (Lipinski definition) is 6. The Bertz CT molecular complexity index is 826. The van der Waals surface area contributed by atoms with Crippen molar-refractivity contribution in [2.24, 2.45) is 11.7 Å². The van der Waals surface area contributed by atoms with Crippen molar-refractivity contribution in [2.75, 3.05) is 31.9 Å². The lowest BCUT2D eigenvalue weighted by Crippen LogP contribution is -2.46. The number of ether oxygens (including phenoxy) is 1. The van der Waals surface area contributed by atoms with Crippen molar-refractivity contribution in [3.05, 3.63) is 33.8 Å². The Balaban J connectivity index is 2.81. The van der Waals surface area contributed by atoms with Gasteiger partial charge in [0.25, 0.3) is 0 Å². The maximum Gasteiger partial charge on any atom is 0.307 e. The van der Waals surface area contributed by atoms with Crippen molar-refractivity contribution in [1.82, 2.24) is 9.62 Å². The minimum atomic E-state index is -3.53. The van der Waals surface area contributed by atoms with Crippen LogP contribution in [0.25, 0.3) is 0 Å². The van der Waals surface area contributed by atoms with E-state index in [0.717, 1.165) is 31.4 Å². The number of carbonyl (C=O) groups excluding carboxylic acids is 1. The van der Waals surface area contributed by atoms with E-state index in [4.69, 9.17) is 33.7 Å². The van der Waals surface area contributed by atoms with Crippen LogP contribution in [0.4, 0.5) is 0 Å². The molecule has 3 N–H and O–H groups in total. The van der Waals surface area contributed by atoms with Crippen LogP contribution in [0.1, 0.15) is 58.9 Å². The molecule has 0 amide bonds. The van der Waals surface area contributed by atoms with Gasteiger partial charge in [-0.25, -0.2) is 12.7 Å². The SMILES string of the molecule is CCCN(CCC)S(=O)(=O)CCC(=O)O[C@H](CNCCC(C)C)[C@@H](N)Cc1cc(Cl)cc(Cl)c1. The number of nitrogens with one attached hydrogen (secondary N) is 1. The molecule has 0 saturated carbocycles. The number of halogens is 2. The molecular formula is C24H41Cl2N3O4S. The molecule has 0 aromatic heterocycles. The van der Waals surface area contributed by atoms with Crippen LogP contribution < -0.4 is 11.1 Å². The predicted octanol–water partition coefficient (Wildman–Crippen LogP) is 4.25. The molecule has 1 aromatic carbocycles. The summed E-state index contributed by atoms with van der Waals surface area (Å²) in [5, 5.41) is 4.31. The molecule has 0 aliphatic rings. The monoisotopic (exact) mass is 537 g/mol. The lowest BCUT2D eigenvalue weighted by atomic mass is 10.0. The third kappa shape index (κ3) is 12.2. The fourth-order valence-corrected chi connectivity index (χ4v) is 5.68. The van der Waals surface area contributed by atoms with Crippen LogP contribution in [-0.4, -0.2) is 62.8 Å². The van der Waals surface area contributed by atoms with Crippen LogP contribution in [0.2, 0.25) is 10.0 Å². The highest BCUT2D eigenvalue weighted by atomic mass is 35.5. The molecule has 34 heavy (non-hydrogen) atoms. The van der Waals surface area contributed by atoms with Gasteiger partial charge in [-0.15, -0.1) is 0 Å². The number of esters is 1. The maximum atomic E-state index is 12.7. The number of nitrogens with zero attached hydrogens (tertiary/aromatic N) is 1. The van der Waals surface area contributed by atoms with Gasteiger partial charge in [0, 0.05) is 35.7 Å². The second-order valence-electron chi connectivity index (χ2n) is 9.03. The summed E-state index contributed by atoms with van der Waals surface area (Å²) < 4.78 is 32.5. The number of hydrogen-bond donors (Lipinski definition) is 2. The van der Waals surface area contributed by atoms with Crippen molar-refractivity contribution in [3.63, 3.8) is 0 Å². The molecule has 2 atom stereocenters. The van der Waals surface area contributed by atoms with Crippen LogP contribution in [0, 0.1) is 5.92 Å². The molecule has 1 rings (SSSR count). The second-order valence-corrected chi connectivity index (χ2v) is 12.0. The molecule has 0 fully saturated rings. The van der Waals surface area contributed by atoms with Gasteiger partial charge in [-0.05, 0) is 61.9 Å². The van der Waals surface area contributed by atoms with Crippen molar-refractivity contribution in [3.8, 4) is 0 Å². The first-order chi connectivity index (χ1) is 16.0. The molecule has 196 valence electrons. The minimum Gasteiger partial charge on any atom is -0.459 e. The highest BCUT2D eigenvalue weighted by Gasteiger charge is 2.26. The highest BCUT2D eigenvalue weighted by molar-refractivity contribution is 7.89. The van der Waals surface area contributed by atoms with Crippen LogP contribution >= 0.6 is 23.2 Å². The van der Waals surface area contributed by atoms with Gasteiger partial charge in [0.1, 0.15) is 6.10 Å². The van der Waals surface area contributed by atoms with E-state index < -0.39 is 28.1 Å². The Kier molecular flexibility index (Phi) is 14.6. The summed E-state index contributed by atoms with van der Waals surface area (Å²) in [5.74, 6) is -0.319. The van der Waals surface area contributed by atoms with E-state index in [9.17, 15) is 13.2 Å². The van der Waals surface area contributed by atoms with Gasteiger partial charge >= 0.3 is 5.97 Å². The lowest BCUT2D eigenvalue weighted by molar-refractivity contribution is -0.149. The first-order valence-electron chi connectivity index (χ1n) is 12.1. The van der Waals surface area contributed by atoms with Gasteiger partial charge < -0.3 is 15.8 Å². The van der Waals surface area contributed by atoms with E-state index in [2.05, 4.69) is 19.2 Å². The summed E-state index contributed by atoms with van der Waals surface area (Å²) in [6.45, 7) is 10.2. The van der Waals surface area contributed by atoms with Gasteiger partial charge in [-0.2, -0.15) is 0 Å². The predicted molar refractivity (Wildman–Crippen MR) is 141 cm³/mol. The lowest BCUT2D eigenvalue weighted by Gasteiger charge is -2.25. The molecule has 7 nitrogen and oxygen atoms in total. The number of nitrogens with two attached hydrogens (primary N) is 1. The van der Waals surface area contributed by atoms with E-state index in [-0.39, 0.29) is 12.2 Å². The molecule has 0 saturated heterocycles.